The second kappa shape index (κ2) is 10.0. The zero-order valence-corrected chi connectivity index (χ0v) is 18.6. The first-order valence-electron chi connectivity index (χ1n) is 8.89. The normalized spacial score (nSPS) is 12.6. The Labute approximate surface area is 175 Å². The average Bonchev–Trinajstić information content (AvgIpc) is 2.68. The summed E-state index contributed by atoms with van der Waals surface area (Å²) in [5.74, 6) is 0.490. The maximum atomic E-state index is 12.6. The van der Waals surface area contributed by atoms with E-state index < -0.39 is 10.0 Å². The smallest absolute Gasteiger partial charge is 0.242 e. The van der Waals surface area contributed by atoms with Crippen molar-refractivity contribution in [1.82, 2.24) is 9.62 Å². The number of sulfonamides is 1. The monoisotopic (exact) mass is 468 g/mol. The van der Waals surface area contributed by atoms with Gasteiger partial charge in [-0.05, 0) is 55.3 Å². The molecule has 0 aliphatic carbocycles. The minimum Gasteiger partial charge on any atom is -0.497 e. The molecule has 0 saturated carbocycles. The highest BCUT2D eigenvalue weighted by molar-refractivity contribution is 9.10. The van der Waals surface area contributed by atoms with Crippen molar-refractivity contribution < 1.29 is 17.9 Å². The highest BCUT2D eigenvalue weighted by Gasteiger charge is 2.20. The lowest BCUT2D eigenvalue weighted by Crippen LogP contribution is -2.30. The van der Waals surface area contributed by atoms with Crippen LogP contribution in [-0.2, 0) is 14.8 Å². The van der Waals surface area contributed by atoms with Crippen molar-refractivity contribution in [3.8, 4) is 5.75 Å². The van der Waals surface area contributed by atoms with E-state index in [0.717, 1.165) is 10.0 Å². The lowest BCUT2D eigenvalue weighted by Gasteiger charge is -2.18. The molecule has 1 amide bonds. The van der Waals surface area contributed by atoms with Crippen LogP contribution < -0.4 is 10.1 Å². The molecule has 28 heavy (non-hydrogen) atoms. The summed E-state index contributed by atoms with van der Waals surface area (Å²) in [4.78, 5) is 12.4. The fourth-order valence-corrected chi connectivity index (χ4v) is 4.13. The molecular weight excluding hydrogens is 444 g/mol. The van der Waals surface area contributed by atoms with Crippen LogP contribution in [0, 0.1) is 0 Å². The lowest BCUT2D eigenvalue weighted by atomic mass is 10.1. The SMILES string of the molecule is COc1ccc(S(=O)(=O)N(C)CCCC(=O)N[C@@H](C)c2ccc(Br)cc2)cc1. The number of halogens is 1. The number of carbonyl (C=O) groups excluding carboxylic acids is 1. The Morgan fingerprint density at radius 3 is 2.32 bits per heavy atom. The fraction of sp³-hybridized carbons (Fsp3) is 0.350. The summed E-state index contributed by atoms with van der Waals surface area (Å²) < 4.78 is 32.5. The van der Waals surface area contributed by atoms with Crippen LogP contribution in [0.1, 0.15) is 31.4 Å². The Bertz CT molecular complexity index is 883. The number of nitrogens with one attached hydrogen (secondary N) is 1. The zero-order chi connectivity index (χ0) is 20.7. The number of amides is 1. The molecule has 0 unspecified atom stereocenters. The molecule has 0 bridgehead atoms. The molecule has 1 atom stereocenters. The number of carbonyl (C=O) groups is 1. The van der Waals surface area contributed by atoms with Crippen LogP contribution in [0.25, 0.3) is 0 Å². The summed E-state index contributed by atoms with van der Waals surface area (Å²) in [5.41, 5.74) is 1.01. The van der Waals surface area contributed by atoms with E-state index in [4.69, 9.17) is 4.74 Å². The van der Waals surface area contributed by atoms with Gasteiger partial charge in [0.2, 0.25) is 15.9 Å². The molecule has 0 aromatic heterocycles. The Balaban J connectivity index is 1.83. The van der Waals surface area contributed by atoms with E-state index in [-0.39, 0.29) is 29.8 Å². The van der Waals surface area contributed by atoms with Crippen LogP contribution in [0.3, 0.4) is 0 Å². The quantitative estimate of drug-likeness (QED) is 0.607. The molecule has 2 aromatic carbocycles. The molecule has 1 N–H and O–H groups in total. The molecule has 0 aliphatic heterocycles. The molecule has 0 fully saturated rings. The Morgan fingerprint density at radius 2 is 1.75 bits per heavy atom. The van der Waals surface area contributed by atoms with E-state index in [9.17, 15) is 13.2 Å². The standard InChI is InChI=1S/C20H25BrN2O4S/c1-15(16-6-8-17(21)9-7-16)22-20(24)5-4-14-23(2)28(25,26)19-12-10-18(27-3)11-13-19/h6-13,15H,4-5,14H2,1-3H3,(H,22,24)/t15-/m0/s1. The zero-order valence-electron chi connectivity index (χ0n) is 16.2. The summed E-state index contributed by atoms with van der Waals surface area (Å²) in [5, 5.41) is 2.94. The summed E-state index contributed by atoms with van der Waals surface area (Å²) in [6, 6.07) is 13.9. The summed E-state index contributed by atoms with van der Waals surface area (Å²) in [6.07, 6.45) is 0.689. The topological polar surface area (TPSA) is 75.7 Å². The highest BCUT2D eigenvalue weighted by atomic mass is 79.9. The number of methoxy groups -OCH3 is 1. The van der Waals surface area contributed by atoms with E-state index >= 15 is 0 Å². The van der Waals surface area contributed by atoms with E-state index in [1.165, 1.54) is 30.6 Å². The minimum absolute atomic E-state index is 0.106. The van der Waals surface area contributed by atoms with Gasteiger partial charge in [-0.15, -0.1) is 0 Å². The van der Waals surface area contributed by atoms with Gasteiger partial charge in [0.25, 0.3) is 0 Å². The maximum absolute atomic E-state index is 12.6. The first-order valence-corrected chi connectivity index (χ1v) is 11.1. The third-order valence-corrected chi connectivity index (χ3v) is 6.79. The molecule has 152 valence electrons. The molecule has 0 spiro atoms. The first-order chi connectivity index (χ1) is 13.2. The summed E-state index contributed by atoms with van der Waals surface area (Å²) >= 11 is 3.39. The van der Waals surface area contributed by atoms with Crippen LogP contribution in [0.5, 0.6) is 5.75 Å². The molecule has 2 rings (SSSR count). The van der Waals surface area contributed by atoms with Gasteiger partial charge in [0.1, 0.15) is 5.75 Å². The Morgan fingerprint density at radius 1 is 1.14 bits per heavy atom. The van der Waals surface area contributed by atoms with Gasteiger partial charge in [-0.2, -0.15) is 0 Å². The third kappa shape index (κ3) is 6.05. The molecular formula is C20H25BrN2O4S. The van der Waals surface area contributed by atoms with Gasteiger partial charge in [0.05, 0.1) is 18.0 Å². The van der Waals surface area contributed by atoms with Gasteiger partial charge in [0, 0.05) is 24.5 Å². The van der Waals surface area contributed by atoms with Gasteiger partial charge >= 0.3 is 0 Å². The lowest BCUT2D eigenvalue weighted by molar-refractivity contribution is -0.121. The van der Waals surface area contributed by atoms with E-state index in [1.807, 2.05) is 31.2 Å². The van der Waals surface area contributed by atoms with Crippen LogP contribution in [0.15, 0.2) is 57.9 Å². The number of benzene rings is 2. The van der Waals surface area contributed by atoms with Gasteiger partial charge in [0.15, 0.2) is 0 Å². The predicted octanol–water partition coefficient (Wildman–Crippen LogP) is 3.74. The number of nitrogens with zero attached hydrogens (tertiary/aromatic N) is 1. The predicted molar refractivity (Wildman–Crippen MR) is 113 cm³/mol. The maximum Gasteiger partial charge on any atom is 0.242 e. The van der Waals surface area contributed by atoms with Crippen molar-refractivity contribution in [2.75, 3.05) is 20.7 Å². The van der Waals surface area contributed by atoms with Crippen LogP contribution in [-0.4, -0.2) is 39.3 Å². The number of hydrogen-bond acceptors (Lipinski definition) is 4. The molecule has 2 aromatic rings. The number of rotatable bonds is 9. The van der Waals surface area contributed by atoms with Crippen molar-refractivity contribution in [2.45, 2.75) is 30.7 Å². The molecule has 6 nitrogen and oxygen atoms in total. The van der Waals surface area contributed by atoms with Gasteiger partial charge in [-0.3, -0.25) is 4.79 Å². The summed E-state index contributed by atoms with van der Waals surface area (Å²) in [6.45, 7) is 2.18. The third-order valence-electron chi connectivity index (χ3n) is 4.39. The second-order valence-corrected chi connectivity index (χ2v) is 9.41. The van der Waals surface area contributed by atoms with E-state index in [0.29, 0.717) is 12.2 Å². The van der Waals surface area contributed by atoms with E-state index in [2.05, 4.69) is 21.2 Å². The van der Waals surface area contributed by atoms with Crippen LogP contribution in [0.2, 0.25) is 0 Å². The molecule has 0 heterocycles. The van der Waals surface area contributed by atoms with Crippen LogP contribution >= 0.6 is 15.9 Å². The first kappa shape index (κ1) is 22.4. The number of ether oxygens (including phenoxy) is 1. The number of hydrogen-bond donors (Lipinski definition) is 1. The second-order valence-electron chi connectivity index (χ2n) is 6.45. The van der Waals surface area contributed by atoms with Crippen molar-refractivity contribution in [3.63, 3.8) is 0 Å². The minimum atomic E-state index is -3.59. The van der Waals surface area contributed by atoms with Crippen molar-refractivity contribution >= 4 is 31.9 Å². The molecule has 0 radical (unpaired) electrons. The summed E-state index contributed by atoms with van der Waals surface area (Å²) in [7, 11) is -0.549. The highest BCUT2D eigenvalue weighted by Crippen LogP contribution is 2.19. The van der Waals surface area contributed by atoms with Crippen molar-refractivity contribution in [2.24, 2.45) is 0 Å². The molecule has 0 aliphatic rings. The Hall–Kier alpha value is -1.90. The Kier molecular flexibility index (Phi) is 8.03. The molecule has 0 saturated heterocycles. The average molecular weight is 469 g/mol. The van der Waals surface area contributed by atoms with Crippen molar-refractivity contribution in [1.29, 1.82) is 0 Å². The van der Waals surface area contributed by atoms with Gasteiger partial charge < -0.3 is 10.1 Å². The van der Waals surface area contributed by atoms with Crippen molar-refractivity contribution in [3.05, 3.63) is 58.6 Å². The van der Waals surface area contributed by atoms with Crippen LogP contribution in [0.4, 0.5) is 0 Å². The van der Waals surface area contributed by atoms with Gasteiger partial charge in [-0.25, -0.2) is 12.7 Å². The van der Waals surface area contributed by atoms with E-state index in [1.54, 1.807) is 12.1 Å². The van der Waals surface area contributed by atoms with Gasteiger partial charge in [-0.1, -0.05) is 28.1 Å². The largest absolute Gasteiger partial charge is 0.497 e. The fourth-order valence-electron chi connectivity index (χ4n) is 2.66. The molecule has 8 heteroatoms.